The van der Waals surface area contributed by atoms with E-state index in [1.807, 2.05) is 0 Å². The van der Waals surface area contributed by atoms with Gasteiger partial charge in [-0.05, 0) is 36.7 Å². The van der Waals surface area contributed by atoms with Crippen molar-refractivity contribution in [1.29, 1.82) is 0 Å². The highest BCUT2D eigenvalue weighted by Gasteiger charge is 2.27. The minimum absolute atomic E-state index is 0.0613. The maximum Gasteiger partial charge on any atom is 0.255 e. The van der Waals surface area contributed by atoms with Gasteiger partial charge in [-0.3, -0.25) is 9.59 Å². The highest BCUT2D eigenvalue weighted by atomic mass is 19.1. The fourth-order valence-corrected chi connectivity index (χ4v) is 3.93. The van der Waals surface area contributed by atoms with Crippen LogP contribution in [-0.2, 0) is 6.54 Å². The number of benzene rings is 2. The molecular formula is C23H25FN6O3. The molecule has 1 atom stereocenters. The summed E-state index contributed by atoms with van der Waals surface area (Å²) in [5, 5.41) is 10.6. The van der Waals surface area contributed by atoms with Crippen molar-refractivity contribution in [2.75, 3.05) is 25.9 Å². The number of anilines is 1. The molecule has 6 N–H and O–H groups in total. The minimum Gasteiger partial charge on any atom is -0.496 e. The van der Waals surface area contributed by atoms with Crippen molar-refractivity contribution in [2.24, 2.45) is 5.73 Å². The maximum atomic E-state index is 13.5. The van der Waals surface area contributed by atoms with Gasteiger partial charge in [0.05, 0.1) is 18.7 Å². The lowest BCUT2D eigenvalue weighted by Gasteiger charge is -2.10. The molecule has 4 rings (SSSR count). The number of methoxy groups -OCH3 is 1. The third-order valence-corrected chi connectivity index (χ3v) is 5.66. The zero-order valence-corrected chi connectivity index (χ0v) is 18.1. The number of nitrogens with two attached hydrogens (primary N) is 2. The van der Waals surface area contributed by atoms with Crippen LogP contribution in [0, 0.1) is 5.82 Å². The highest BCUT2D eigenvalue weighted by Crippen LogP contribution is 2.30. The van der Waals surface area contributed by atoms with E-state index in [0.717, 1.165) is 31.1 Å². The van der Waals surface area contributed by atoms with Crippen molar-refractivity contribution in [2.45, 2.75) is 19.0 Å². The Balaban J connectivity index is 1.52. The van der Waals surface area contributed by atoms with Crippen molar-refractivity contribution >= 4 is 17.6 Å². The number of aromatic nitrogens is 2. The number of carbonyl (C=O) groups is 2. The van der Waals surface area contributed by atoms with Crippen molar-refractivity contribution in [1.82, 2.24) is 20.4 Å². The summed E-state index contributed by atoms with van der Waals surface area (Å²) in [7, 11) is 1.42. The summed E-state index contributed by atoms with van der Waals surface area (Å²) in [6.07, 6.45) is 0.859. The molecule has 1 saturated heterocycles. The van der Waals surface area contributed by atoms with Crippen LogP contribution in [0.25, 0.3) is 11.3 Å². The summed E-state index contributed by atoms with van der Waals surface area (Å²) >= 11 is 0. The number of hydrogen-bond acceptors (Lipinski definition) is 6. The van der Waals surface area contributed by atoms with E-state index in [1.165, 1.54) is 19.2 Å². The summed E-state index contributed by atoms with van der Waals surface area (Å²) in [5.74, 6) is -1.08. The lowest BCUT2D eigenvalue weighted by molar-refractivity contribution is 0.0946. The number of primary amides is 1. The van der Waals surface area contributed by atoms with E-state index in [2.05, 4.69) is 15.7 Å². The van der Waals surface area contributed by atoms with Gasteiger partial charge in [0.1, 0.15) is 28.6 Å². The van der Waals surface area contributed by atoms with Crippen molar-refractivity contribution in [3.05, 3.63) is 65.0 Å². The van der Waals surface area contributed by atoms with Crippen LogP contribution in [0.15, 0.2) is 42.5 Å². The van der Waals surface area contributed by atoms with Gasteiger partial charge in [-0.25, -0.2) is 9.07 Å². The minimum atomic E-state index is -0.639. The lowest BCUT2D eigenvalue weighted by atomic mass is 10.0. The number of rotatable bonds is 7. The first kappa shape index (κ1) is 22.3. The van der Waals surface area contributed by atoms with E-state index in [9.17, 15) is 14.0 Å². The Labute approximate surface area is 189 Å². The smallest absolute Gasteiger partial charge is 0.255 e. The molecule has 3 aromatic rings. The van der Waals surface area contributed by atoms with Gasteiger partial charge in [0.25, 0.3) is 11.8 Å². The Hall–Kier alpha value is -3.92. The fraction of sp³-hybridized carbons (Fsp3) is 0.261. The molecule has 0 saturated carbocycles. The molecule has 0 bridgehead atoms. The Kier molecular flexibility index (Phi) is 6.27. The molecule has 9 nitrogen and oxygen atoms in total. The van der Waals surface area contributed by atoms with Crippen LogP contribution in [0.2, 0.25) is 0 Å². The quantitative estimate of drug-likeness (QED) is 0.432. The van der Waals surface area contributed by atoms with E-state index < -0.39 is 17.6 Å². The fourth-order valence-electron chi connectivity index (χ4n) is 3.93. The second kappa shape index (κ2) is 9.29. The predicted molar refractivity (Wildman–Crippen MR) is 121 cm³/mol. The van der Waals surface area contributed by atoms with Crippen LogP contribution in [-0.4, -0.2) is 41.8 Å². The van der Waals surface area contributed by atoms with Crippen molar-refractivity contribution in [3.8, 4) is 17.0 Å². The average molecular weight is 452 g/mol. The first-order chi connectivity index (χ1) is 15.9. The number of ether oxygens (including phenoxy) is 1. The molecule has 0 aliphatic carbocycles. The third-order valence-electron chi connectivity index (χ3n) is 5.66. The molecule has 1 aromatic heterocycles. The first-order valence-corrected chi connectivity index (χ1v) is 10.5. The molecule has 1 aliphatic rings. The van der Waals surface area contributed by atoms with Gasteiger partial charge in [0, 0.05) is 18.7 Å². The Morgan fingerprint density at radius 2 is 2.03 bits per heavy atom. The van der Waals surface area contributed by atoms with Crippen LogP contribution >= 0.6 is 0 Å². The van der Waals surface area contributed by atoms with Gasteiger partial charge >= 0.3 is 0 Å². The molecule has 0 spiro atoms. The second-order valence-electron chi connectivity index (χ2n) is 7.79. The predicted octanol–water partition coefficient (Wildman–Crippen LogP) is 1.84. The second-order valence-corrected chi connectivity index (χ2v) is 7.79. The monoisotopic (exact) mass is 452 g/mol. The van der Waals surface area contributed by atoms with Crippen molar-refractivity contribution < 1.29 is 18.7 Å². The largest absolute Gasteiger partial charge is 0.496 e. The molecule has 10 heteroatoms. The van der Waals surface area contributed by atoms with E-state index in [-0.39, 0.29) is 35.3 Å². The average Bonchev–Trinajstić information content (AvgIpc) is 3.45. The Morgan fingerprint density at radius 1 is 1.27 bits per heavy atom. The maximum absolute atomic E-state index is 13.5. The highest BCUT2D eigenvalue weighted by molar-refractivity contribution is 6.03. The zero-order valence-electron chi connectivity index (χ0n) is 18.1. The normalized spacial score (nSPS) is 15.4. The number of nitrogens with one attached hydrogen (secondary N) is 2. The lowest BCUT2D eigenvalue weighted by Crippen LogP contribution is -2.23. The topological polar surface area (TPSA) is 137 Å². The number of hydrogen-bond donors (Lipinski definition) is 4. The standard InChI is InChI=1S/C23H25FN6O3/c1-33-18-7-6-15(24)10-17(18)23(32)28-11-13-2-4-14(5-3-13)20-19(22(26)31)21(25)30(29-20)16-8-9-27-12-16/h2-7,10,16,27H,8-9,11-12,25H2,1H3,(H2,26,31)(H,28,32)/t16-/m1/s1. The van der Waals surface area contributed by atoms with Gasteiger partial charge < -0.3 is 26.8 Å². The number of nitrogen functional groups attached to an aromatic ring is 1. The summed E-state index contributed by atoms with van der Waals surface area (Å²) in [6, 6.07) is 11.0. The van der Waals surface area contributed by atoms with E-state index in [1.54, 1.807) is 28.9 Å². The van der Waals surface area contributed by atoms with E-state index in [4.69, 9.17) is 16.2 Å². The SMILES string of the molecule is COc1ccc(F)cc1C(=O)NCc1ccc(-c2nn([C@@H]3CCNC3)c(N)c2C(N)=O)cc1. The van der Waals surface area contributed by atoms with Crippen LogP contribution < -0.4 is 26.8 Å². The molecule has 2 aromatic carbocycles. The molecular weight excluding hydrogens is 427 g/mol. The van der Waals surface area contributed by atoms with Crippen LogP contribution in [0.3, 0.4) is 0 Å². The first-order valence-electron chi connectivity index (χ1n) is 10.5. The molecule has 33 heavy (non-hydrogen) atoms. The van der Waals surface area contributed by atoms with Gasteiger partial charge in [-0.2, -0.15) is 5.10 Å². The van der Waals surface area contributed by atoms with Crippen LogP contribution in [0.1, 0.15) is 38.7 Å². The van der Waals surface area contributed by atoms with Gasteiger partial charge in [0.2, 0.25) is 0 Å². The molecule has 0 radical (unpaired) electrons. The van der Waals surface area contributed by atoms with Gasteiger partial charge in [0.15, 0.2) is 0 Å². The number of carbonyl (C=O) groups excluding carboxylic acids is 2. The van der Waals surface area contributed by atoms with Crippen LogP contribution in [0.4, 0.5) is 10.2 Å². The van der Waals surface area contributed by atoms with Gasteiger partial charge in [-0.1, -0.05) is 24.3 Å². The molecule has 172 valence electrons. The summed E-state index contributed by atoms with van der Waals surface area (Å²) < 4.78 is 20.3. The Bertz CT molecular complexity index is 1190. The molecule has 1 aliphatic heterocycles. The summed E-state index contributed by atoms with van der Waals surface area (Å²) in [5.41, 5.74) is 14.0. The number of amides is 2. The number of halogens is 1. The van der Waals surface area contributed by atoms with E-state index >= 15 is 0 Å². The van der Waals surface area contributed by atoms with Gasteiger partial charge in [-0.15, -0.1) is 0 Å². The summed E-state index contributed by atoms with van der Waals surface area (Å²) in [4.78, 5) is 24.6. The van der Waals surface area contributed by atoms with Crippen molar-refractivity contribution in [3.63, 3.8) is 0 Å². The molecule has 2 heterocycles. The van der Waals surface area contributed by atoms with E-state index in [0.29, 0.717) is 11.3 Å². The summed E-state index contributed by atoms with van der Waals surface area (Å²) in [6.45, 7) is 1.79. The third kappa shape index (κ3) is 4.51. The van der Waals surface area contributed by atoms with Crippen LogP contribution in [0.5, 0.6) is 5.75 Å². The molecule has 0 unspecified atom stereocenters. The zero-order chi connectivity index (χ0) is 23.5. The number of nitrogens with zero attached hydrogens (tertiary/aromatic N) is 2. The Morgan fingerprint density at radius 3 is 2.67 bits per heavy atom. The molecule has 2 amide bonds. The molecule has 1 fully saturated rings.